The number of hydrogen-bond acceptors (Lipinski definition) is 3. The number of nitrogens with two attached hydrogens (primary N) is 1. The number of oxazole rings is 1. The molecule has 0 bridgehead atoms. The summed E-state index contributed by atoms with van der Waals surface area (Å²) in [6.45, 7) is 1.85. The van der Waals surface area contributed by atoms with Gasteiger partial charge in [-0.05, 0) is 42.3 Å². The zero-order valence-electron chi connectivity index (χ0n) is 11.1. The van der Waals surface area contributed by atoms with E-state index in [1.165, 1.54) is 12.1 Å². The number of aromatic nitrogens is 1. The molecule has 0 aliphatic heterocycles. The van der Waals surface area contributed by atoms with Gasteiger partial charge in [0.1, 0.15) is 11.3 Å². The van der Waals surface area contributed by atoms with Gasteiger partial charge in [0.2, 0.25) is 0 Å². The van der Waals surface area contributed by atoms with Crippen LogP contribution < -0.4 is 5.73 Å². The lowest BCUT2D eigenvalue weighted by atomic mass is 10.0. The fraction of sp³-hybridized carbons (Fsp3) is 0.188. The Morgan fingerprint density at radius 2 is 2.05 bits per heavy atom. The number of aryl methyl sites for hydroxylation is 1. The zero-order chi connectivity index (χ0) is 14.1. The molecular formula is C16H15FN2O. The predicted molar refractivity (Wildman–Crippen MR) is 75.8 cm³/mol. The molecule has 2 aromatic carbocycles. The number of para-hydroxylation sites is 2. The lowest BCUT2D eigenvalue weighted by Crippen LogP contribution is -2.14. The maximum atomic E-state index is 13.4. The molecule has 0 saturated heterocycles. The van der Waals surface area contributed by atoms with Gasteiger partial charge in [-0.25, -0.2) is 9.37 Å². The second-order valence-electron chi connectivity index (χ2n) is 4.95. The van der Waals surface area contributed by atoms with Crippen LogP contribution in [0.2, 0.25) is 0 Å². The standard InChI is InChI=1S/C16H15FN2O/c1-10-6-11(8-12(17)7-10)13(18)9-16-19-14-4-2-3-5-15(14)20-16/h2-8,13H,9,18H2,1H3. The normalized spacial score (nSPS) is 12.8. The van der Waals surface area contributed by atoms with E-state index in [1.807, 2.05) is 37.3 Å². The fourth-order valence-electron chi connectivity index (χ4n) is 2.29. The SMILES string of the molecule is Cc1cc(F)cc(C(N)Cc2nc3ccccc3o2)c1. The molecule has 1 unspecified atom stereocenters. The predicted octanol–water partition coefficient (Wildman–Crippen LogP) is 3.52. The Morgan fingerprint density at radius 3 is 2.80 bits per heavy atom. The Balaban J connectivity index is 1.86. The van der Waals surface area contributed by atoms with E-state index in [-0.39, 0.29) is 11.9 Å². The van der Waals surface area contributed by atoms with E-state index in [1.54, 1.807) is 0 Å². The Labute approximate surface area is 116 Å². The van der Waals surface area contributed by atoms with Crippen molar-refractivity contribution in [3.63, 3.8) is 0 Å². The molecule has 0 saturated carbocycles. The van der Waals surface area contributed by atoms with Crippen molar-refractivity contribution < 1.29 is 8.81 Å². The van der Waals surface area contributed by atoms with Gasteiger partial charge in [-0.2, -0.15) is 0 Å². The quantitative estimate of drug-likeness (QED) is 0.792. The van der Waals surface area contributed by atoms with Gasteiger partial charge in [0, 0.05) is 12.5 Å². The van der Waals surface area contributed by atoms with Crippen molar-refractivity contribution in [3.05, 3.63) is 65.3 Å². The molecule has 1 heterocycles. The van der Waals surface area contributed by atoms with Gasteiger partial charge >= 0.3 is 0 Å². The number of rotatable bonds is 3. The molecule has 3 rings (SSSR count). The van der Waals surface area contributed by atoms with Crippen LogP contribution in [0.1, 0.15) is 23.1 Å². The first kappa shape index (κ1) is 12.8. The van der Waals surface area contributed by atoms with Crippen LogP contribution in [0, 0.1) is 12.7 Å². The van der Waals surface area contributed by atoms with Crippen LogP contribution in [0.25, 0.3) is 11.1 Å². The molecule has 3 nitrogen and oxygen atoms in total. The monoisotopic (exact) mass is 270 g/mol. The second kappa shape index (κ2) is 5.06. The Kier molecular flexibility index (Phi) is 3.24. The number of hydrogen-bond donors (Lipinski definition) is 1. The molecular weight excluding hydrogens is 255 g/mol. The summed E-state index contributed by atoms with van der Waals surface area (Å²) in [6, 6.07) is 12.0. The summed E-state index contributed by atoms with van der Waals surface area (Å²) in [7, 11) is 0. The van der Waals surface area contributed by atoms with Crippen LogP contribution in [0.15, 0.2) is 46.9 Å². The number of fused-ring (bicyclic) bond motifs is 1. The lowest BCUT2D eigenvalue weighted by Gasteiger charge is -2.10. The van der Waals surface area contributed by atoms with Gasteiger partial charge in [-0.15, -0.1) is 0 Å². The van der Waals surface area contributed by atoms with Crippen LogP contribution in [0.3, 0.4) is 0 Å². The van der Waals surface area contributed by atoms with Crippen LogP contribution in [-0.2, 0) is 6.42 Å². The van der Waals surface area contributed by atoms with Gasteiger partial charge in [0.15, 0.2) is 11.5 Å². The molecule has 0 fully saturated rings. The van der Waals surface area contributed by atoms with E-state index in [0.29, 0.717) is 12.3 Å². The summed E-state index contributed by atoms with van der Waals surface area (Å²) >= 11 is 0. The molecule has 0 amide bonds. The van der Waals surface area contributed by atoms with Gasteiger partial charge in [-0.3, -0.25) is 0 Å². The van der Waals surface area contributed by atoms with Crippen molar-refractivity contribution in [2.75, 3.05) is 0 Å². The van der Waals surface area contributed by atoms with E-state index in [9.17, 15) is 4.39 Å². The molecule has 1 atom stereocenters. The molecule has 4 heteroatoms. The molecule has 0 aliphatic carbocycles. The smallest absolute Gasteiger partial charge is 0.197 e. The minimum absolute atomic E-state index is 0.270. The topological polar surface area (TPSA) is 52.0 Å². The average molecular weight is 270 g/mol. The first-order chi connectivity index (χ1) is 9.61. The summed E-state index contributed by atoms with van der Waals surface area (Å²) in [5, 5.41) is 0. The van der Waals surface area contributed by atoms with Gasteiger partial charge in [0.05, 0.1) is 0 Å². The molecule has 0 radical (unpaired) electrons. The highest BCUT2D eigenvalue weighted by Gasteiger charge is 2.13. The molecule has 3 aromatic rings. The molecule has 2 N–H and O–H groups in total. The largest absolute Gasteiger partial charge is 0.441 e. The summed E-state index contributed by atoms with van der Waals surface area (Å²) in [6.07, 6.45) is 0.442. The van der Waals surface area contributed by atoms with Crippen molar-refractivity contribution in [2.24, 2.45) is 5.73 Å². The minimum atomic E-state index is -0.336. The van der Waals surface area contributed by atoms with E-state index in [2.05, 4.69) is 4.98 Å². The summed E-state index contributed by atoms with van der Waals surface area (Å²) < 4.78 is 19.0. The highest BCUT2D eigenvalue weighted by atomic mass is 19.1. The first-order valence-corrected chi connectivity index (χ1v) is 6.49. The van der Waals surface area contributed by atoms with Crippen LogP contribution in [-0.4, -0.2) is 4.98 Å². The lowest BCUT2D eigenvalue weighted by molar-refractivity contribution is 0.501. The van der Waals surface area contributed by atoms with E-state index in [4.69, 9.17) is 10.2 Å². The summed E-state index contributed by atoms with van der Waals surface area (Å²) in [5.74, 6) is 0.300. The molecule has 0 aliphatic rings. The van der Waals surface area contributed by atoms with Crippen molar-refractivity contribution >= 4 is 11.1 Å². The molecule has 1 aromatic heterocycles. The van der Waals surface area contributed by atoms with Gasteiger partial charge in [0.25, 0.3) is 0 Å². The van der Waals surface area contributed by atoms with Crippen molar-refractivity contribution in [1.29, 1.82) is 0 Å². The third kappa shape index (κ3) is 2.56. The highest BCUT2D eigenvalue weighted by molar-refractivity contribution is 5.72. The fourth-order valence-corrected chi connectivity index (χ4v) is 2.29. The summed E-state index contributed by atoms with van der Waals surface area (Å²) in [4.78, 5) is 4.38. The van der Waals surface area contributed by atoms with E-state index in [0.717, 1.165) is 22.2 Å². The Hall–Kier alpha value is -2.20. The number of nitrogens with zero attached hydrogens (tertiary/aromatic N) is 1. The van der Waals surface area contributed by atoms with Crippen molar-refractivity contribution in [1.82, 2.24) is 4.98 Å². The van der Waals surface area contributed by atoms with Gasteiger partial charge in [-0.1, -0.05) is 18.2 Å². The van der Waals surface area contributed by atoms with Crippen LogP contribution in [0.4, 0.5) is 4.39 Å². The zero-order valence-corrected chi connectivity index (χ0v) is 11.1. The maximum Gasteiger partial charge on any atom is 0.197 e. The Bertz CT molecular complexity index is 698. The maximum absolute atomic E-state index is 13.4. The van der Waals surface area contributed by atoms with Crippen molar-refractivity contribution in [2.45, 2.75) is 19.4 Å². The first-order valence-electron chi connectivity index (χ1n) is 6.49. The van der Waals surface area contributed by atoms with Crippen LogP contribution in [0.5, 0.6) is 0 Å². The molecule has 0 spiro atoms. The van der Waals surface area contributed by atoms with Crippen molar-refractivity contribution in [3.8, 4) is 0 Å². The van der Waals surface area contributed by atoms with E-state index >= 15 is 0 Å². The average Bonchev–Trinajstić information content (AvgIpc) is 2.79. The van der Waals surface area contributed by atoms with Gasteiger partial charge < -0.3 is 10.2 Å². The minimum Gasteiger partial charge on any atom is -0.441 e. The molecule has 102 valence electrons. The number of halogens is 1. The third-order valence-electron chi connectivity index (χ3n) is 3.23. The van der Waals surface area contributed by atoms with Crippen LogP contribution >= 0.6 is 0 Å². The molecule has 20 heavy (non-hydrogen) atoms. The number of benzene rings is 2. The summed E-state index contributed by atoms with van der Waals surface area (Å²) in [5.41, 5.74) is 9.28. The Morgan fingerprint density at radius 1 is 1.25 bits per heavy atom. The van der Waals surface area contributed by atoms with E-state index < -0.39 is 0 Å². The second-order valence-corrected chi connectivity index (χ2v) is 4.95. The third-order valence-corrected chi connectivity index (χ3v) is 3.23. The highest BCUT2D eigenvalue weighted by Crippen LogP contribution is 2.21.